The van der Waals surface area contributed by atoms with Crippen LogP contribution in [0.4, 0.5) is 0 Å². The summed E-state index contributed by atoms with van der Waals surface area (Å²) in [5, 5.41) is 3.10. The third-order valence-electron chi connectivity index (χ3n) is 4.73. The van der Waals surface area contributed by atoms with Gasteiger partial charge < -0.3 is 5.32 Å². The maximum absolute atomic E-state index is 12.7. The fourth-order valence-corrected chi connectivity index (χ4v) is 3.12. The van der Waals surface area contributed by atoms with Crippen molar-refractivity contribution < 1.29 is 4.79 Å². The van der Waals surface area contributed by atoms with E-state index in [2.05, 4.69) is 54.7 Å². The van der Waals surface area contributed by atoms with Crippen LogP contribution < -0.4 is 5.32 Å². The van der Waals surface area contributed by atoms with Gasteiger partial charge in [0.05, 0.1) is 0 Å². The second kappa shape index (κ2) is 9.00. The number of amides is 1. The minimum atomic E-state index is 0.0106. The van der Waals surface area contributed by atoms with E-state index in [-0.39, 0.29) is 11.8 Å². The van der Waals surface area contributed by atoms with Crippen LogP contribution >= 0.6 is 0 Å². The molecule has 0 bridgehead atoms. The lowest BCUT2D eigenvalue weighted by Crippen LogP contribution is -2.28. The predicted octanol–water partition coefficient (Wildman–Crippen LogP) is 5.01. The second-order valence-corrected chi connectivity index (χ2v) is 6.66. The van der Waals surface area contributed by atoms with E-state index >= 15 is 0 Å². The highest BCUT2D eigenvalue weighted by atomic mass is 16.1. The normalized spacial score (nSPS) is 11.7. The molecule has 1 atom stereocenters. The fraction of sp³-hybridized carbons (Fsp3) is 0.208. The summed E-state index contributed by atoms with van der Waals surface area (Å²) in [5.74, 6) is 0.299. The topological polar surface area (TPSA) is 29.1 Å². The van der Waals surface area contributed by atoms with Crippen molar-refractivity contribution in [3.63, 3.8) is 0 Å². The van der Waals surface area contributed by atoms with Gasteiger partial charge in [-0.05, 0) is 41.5 Å². The van der Waals surface area contributed by atoms with Crippen molar-refractivity contribution in [2.45, 2.75) is 25.7 Å². The first-order valence-corrected chi connectivity index (χ1v) is 9.19. The molecule has 1 unspecified atom stereocenters. The molecular weight excluding hydrogens is 318 g/mol. The van der Waals surface area contributed by atoms with Crippen LogP contribution in [0.15, 0.2) is 84.9 Å². The van der Waals surface area contributed by atoms with Gasteiger partial charge in [0.1, 0.15) is 0 Å². The molecule has 0 heterocycles. The van der Waals surface area contributed by atoms with Crippen molar-refractivity contribution in [2.24, 2.45) is 0 Å². The monoisotopic (exact) mass is 343 g/mol. The Kier molecular flexibility index (Phi) is 6.21. The number of nitrogens with one attached hydrogen (secondary N) is 1. The minimum Gasteiger partial charge on any atom is -0.351 e. The minimum absolute atomic E-state index is 0.0106. The van der Waals surface area contributed by atoms with Crippen LogP contribution in [0.5, 0.6) is 0 Å². The molecular formula is C24H25NO. The third kappa shape index (κ3) is 4.82. The van der Waals surface area contributed by atoms with Gasteiger partial charge in [-0.2, -0.15) is 0 Å². The summed E-state index contributed by atoms with van der Waals surface area (Å²) in [6.45, 7) is 2.77. The molecule has 26 heavy (non-hydrogen) atoms. The lowest BCUT2D eigenvalue weighted by Gasteiger charge is -2.15. The molecule has 1 amide bonds. The summed E-state index contributed by atoms with van der Waals surface area (Å²) in [6.07, 6.45) is 1.80. The maximum Gasteiger partial charge on any atom is 0.251 e. The average Bonchev–Trinajstić information content (AvgIpc) is 2.72. The molecule has 0 saturated carbocycles. The molecule has 2 nitrogen and oxygen atoms in total. The average molecular weight is 343 g/mol. The molecule has 0 fully saturated rings. The van der Waals surface area contributed by atoms with Gasteiger partial charge in [-0.3, -0.25) is 4.79 Å². The first-order valence-electron chi connectivity index (χ1n) is 9.19. The Morgan fingerprint density at radius 2 is 1.42 bits per heavy atom. The van der Waals surface area contributed by atoms with Crippen LogP contribution in [-0.2, 0) is 12.8 Å². The summed E-state index contributed by atoms with van der Waals surface area (Å²) in [6, 6.07) is 28.6. The standard InChI is InChI=1S/C24H25NO/c1-19(21-12-6-3-7-13-21)18-25-24(26)23-15-9-8-14-22(23)17-16-20-10-4-2-5-11-20/h2-15,19H,16-18H2,1H3,(H,25,26). The van der Waals surface area contributed by atoms with Gasteiger partial charge in [-0.15, -0.1) is 0 Å². The third-order valence-corrected chi connectivity index (χ3v) is 4.73. The van der Waals surface area contributed by atoms with Crippen molar-refractivity contribution in [1.82, 2.24) is 5.32 Å². The lowest BCUT2D eigenvalue weighted by atomic mass is 9.98. The summed E-state index contributed by atoms with van der Waals surface area (Å²) < 4.78 is 0. The van der Waals surface area contributed by atoms with E-state index in [1.54, 1.807) is 0 Å². The van der Waals surface area contributed by atoms with Crippen molar-refractivity contribution in [2.75, 3.05) is 6.54 Å². The zero-order chi connectivity index (χ0) is 18.2. The van der Waals surface area contributed by atoms with Gasteiger partial charge in [-0.1, -0.05) is 85.8 Å². The molecule has 1 N–H and O–H groups in total. The number of aryl methyl sites for hydroxylation is 2. The Balaban J connectivity index is 1.62. The predicted molar refractivity (Wildman–Crippen MR) is 107 cm³/mol. The van der Waals surface area contributed by atoms with Crippen molar-refractivity contribution in [1.29, 1.82) is 0 Å². The quantitative estimate of drug-likeness (QED) is 0.642. The SMILES string of the molecule is CC(CNC(=O)c1ccccc1CCc1ccccc1)c1ccccc1. The van der Waals surface area contributed by atoms with E-state index in [0.717, 1.165) is 24.0 Å². The summed E-state index contributed by atoms with van der Waals surface area (Å²) >= 11 is 0. The lowest BCUT2D eigenvalue weighted by molar-refractivity contribution is 0.0950. The van der Waals surface area contributed by atoms with Crippen molar-refractivity contribution in [3.05, 3.63) is 107 Å². The zero-order valence-electron chi connectivity index (χ0n) is 15.2. The van der Waals surface area contributed by atoms with E-state index in [1.807, 2.05) is 42.5 Å². The first-order chi connectivity index (χ1) is 12.7. The fourth-order valence-electron chi connectivity index (χ4n) is 3.12. The first kappa shape index (κ1) is 17.9. The molecule has 0 aliphatic heterocycles. The largest absolute Gasteiger partial charge is 0.351 e. The number of hydrogen-bond donors (Lipinski definition) is 1. The highest BCUT2D eigenvalue weighted by Crippen LogP contribution is 2.15. The van der Waals surface area contributed by atoms with Crippen LogP contribution in [-0.4, -0.2) is 12.5 Å². The van der Waals surface area contributed by atoms with Gasteiger partial charge in [0, 0.05) is 12.1 Å². The summed E-state index contributed by atoms with van der Waals surface area (Å²) in [5.41, 5.74) is 4.41. The maximum atomic E-state index is 12.7. The molecule has 3 aromatic carbocycles. The van der Waals surface area contributed by atoms with E-state index in [1.165, 1.54) is 11.1 Å². The number of hydrogen-bond acceptors (Lipinski definition) is 1. The van der Waals surface area contributed by atoms with Gasteiger partial charge in [0.2, 0.25) is 0 Å². The van der Waals surface area contributed by atoms with Gasteiger partial charge in [0.25, 0.3) is 5.91 Å². The Morgan fingerprint density at radius 1 is 0.808 bits per heavy atom. The Morgan fingerprint density at radius 3 is 2.15 bits per heavy atom. The highest BCUT2D eigenvalue weighted by molar-refractivity contribution is 5.95. The molecule has 2 heteroatoms. The van der Waals surface area contributed by atoms with Crippen LogP contribution in [0.1, 0.15) is 39.9 Å². The Labute approximate surface area is 155 Å². The zero-order valence-corrected chi connectivity index (χ0v) is 15.2. The van der Waals surface area contributed by atoms with Crippen LogP contribution in [0.2, 0.25) is 0 Å². The van der Waals surface area contributed by atoms with E-state index in [4.69, 9.17) is 0 Å². The van der Waals surface area contributed by atoms with Gasteiger partial charge in [0.15, 0.2) is 0 Å². The number of rotatable bonds is 7. The molecule has 0 radical (unpaired) electrons. The van der Waals surface area contributed by atoms with Crippen LogP contribution in [0.3, 0.4) is 0 Å². The van der Waals surface area contributed by atoms with Gasteiger partial charge >= 0.3 is 0 Å². The van der Waals surface area contributed by atoms with Crippen molar-refractivity contribution >= 4 is 5.91 Å². The molecule has 0 aliphatic carbocycles. The number of benzene rings is 3. The van der Waals surface area contributed by atoms with Crippen molar-refractivity contribution in [3.8, 4) is 0 Å². The van der Waals surface area contributed by atoms with E-state index < -0.39 is 0 Å². The molecule has 3 rings (SSSR count). The van der Waals surface area contributed by atoms with Crippen LogP contribution in [0.25, 0.3) is 0 Å². The molecule has 0 spiro atoms. The van der Waals surface area contributed by atoms with E-state index in [0.29, 0.717) is 6.54 Å². The Bertz CT molecular complexity index is 827. The summed E-state index contributed by atoms with van der Waals surface area (Å²) in [4.78, 5) is 12.7. The number of carbonyl (C=O) groups excluding carboxylic acids is 1. The van der Waals surface area contributed by atoms with Gasteiger partial charge in [-0.25, -0.2) is 0 Å². The molecule has 0 aliphatic rings. The highest BCUT2D eigenvalue weighted by Gasteiger charge is 2.12. The molecule has 0 saturated heterocycles. The molecule has 0 aromatic heterocycles. The number of carbonyl (C=O) groups is 1. The second-order valence-electron chi connectivity index (χ2n) is 6.66. The Hall–Kier alpha value is -2.87. The molecule has 132 valence electrons. The van der Waals surface area contributed by atoms with Crippen LogP contribution in [0, 0.1) is 0 Å². The smallest absolute Gasteiger partial charge is 0.251 e. The summed E-state index contributed by atoms with van der Waals surface area (Å²) in [7, 11) is 0. The van der Waals surface area contributed by atoms with E-state index in [9.17, 15) is 4.79 Å². The molecule has 3 aromatic rings.